The number of rotatable bonds is 1. The number of phenolic OH excluding ortho intramolecular Hbond substituents is 2. The highest BCUT2D eigenvalue weighted by atomic mass is 16.5. The van der Waals surface area contributed by atoms with Crippen molar-refractivity contribution in [1.29, 1.82) is 0 Å². The Balaban J connectivity index is 2.91. The first-order valence-electron chi connectivity index (χ1n) is 4.61. The van der Waals surface area contributed by atoms with E-state index in [4.69, 9.17) is 4.42 Å². The minimum absolute atomic E-state index is 0.0333. The largest absolute Gasteiger partial charge is 0.504 e. The van der Waals surface area contributed by atoms with Gasteiger partial charge in [-0.3, -0.25) is 0 Å². The monoisotopic (exact) mass is 236 g/mol. The van der Waals surface area contributed by atoms with Gasteiger partial charge in [0.15, 0.2) is 11.3 Å². The number of carbonyl (C=O) groups excluding carboxylic acids is 1. The van der Waals surface area contributed by atoms with Gasteiger partial charge in [-0.2, -0.15) is 0 Å². The van der Waals surface area contributed by atoms with Crippen LogP contribution in [0.25, 0.3) is 11.0 Å². The van der Waals surface area contributed by atoms with Crippen molar-refractivity contribution < 1.29 is 24.2 Å². The predicted octanol–water partition coefficient (Wildman–Crippen LogP) is 0.991. The molecular weight excluding hydrogens is 228 g/mol. The Kier molecular flexibility index (Phi) is 2.47. The van der Waals surface area contributed by atoms with Crippen LogP contribution in [0.4, 0.5) is 0 Å². The summed E-state index contributed by atoms with van der Waals surface area (Å²) in [6.45, 7) is 0. The summed E-state index contributed by atoms with van der Waals surface area (Å²) in [7, 11) is 1.17. The molecule has 0 aliphatic rings. The van der Waals surface area contributed by atoms with Crippen LogP contribution in [-0.2, 0) is 4.74 Å². The second-order valence-electron chi connectivity index (χ2n) is 3.28. The quantitative estimate of drug-likeness (QED) is 0.435. The maximum atomic E-state index is 11.4. The average molecular weight is 236 g/mol. The van der Waals surface area contributed by atoms with Crippen LogP contribution >= 0.6 is 0 Å². The molecule has 0 atom stereocenters. The van der Waals surface area contributed by atoms with Crippen LogP contribution in [0.1, 0.15) is 10.4 Å². The summed E-state index contributed by atoms with van der Waals surface area (Å²) in [5.74, 6) is -1.76. The second-order valence-corrected chi connectivity index (χ2v) is 3.28. The van der Waals surface area contributed by atoms with Crippen LogP contribution in [0.5, 0.6) is 11.5 Å². The average Bonchev–Trinajstić information content (AvgIpc) is 2.32. The lowest BCUT2D eigenvalue weighted by Gasteiger charge is -2.05. The van der Waals surface area contributed by atoms with Crippen molar-refractivity contribution in [2.45, 2.75) is 0 Å². The van der Waals surface area contributed by atoms with E-state index in [1.54, 1.807) is 0 Å². The molecule has 0 unspecified atom stereocenters. The zero-order chi connectivity index (χ0) is 12.6. The lowest BCUT2D eigenvalue weighted by atomic mass is 10.1. The smallest absolute Gasteiger partial charge is 0.338 e. The van der Waals surface area contributed by atoms with Gasteiger partial charge < -0.3 is 19.4 Å². The fraction of sp³-hybridized carbons (Fsp3) is 0.0909. The van der Waals surface area contributed by atoms with Crippen LogP contribution in [0.2, 0.25) is 0 Å². The molecule has 1 heterocycles. The zero-order valence-corrected chi connectivity index (χ0v) is 8.76. The topological polar surface area (TPSA) is 97.0 Å². The molecule has 6 heteroatoms. The summed E-state index contributed by atoms with van der Waals surface area (Å²) in [4.78, 5) is 22.6. The SMILES string of the molecule is COC(=O)c1cc(=O)oc2c(O)c(O)ccc12. The molecule has 0 aliphatic carbocycles. The Morgan fingerprint density at radius 2 is 2.06 bits per heavy atom. The van der Waals surface area contributed by atoms with Gasteiger partial charge in [0.1, 0.15) is 0 Å². The second kappa shape index (κ2) is 3.82. The molecule has 2 aromatic rings. The Labute approximate surface area is 94.7 Å². The van der Waals surface area contributed by atoms with Gasteiger partial charge in [0.25, 0.3) is 0 Å². The van der Waals surface area contributed by atoms with E-state index in [0.29, 0.717) is 0 Å². The van der Waals surface area contributed by atoms with Crippen molar-refractivity contribution in [3.63, 3.8) is 0 Å². The van der Waals surface area contributed by atoms with Crippen LogP contribution in [-0.4, -0.2) is 23.3 Å². The minimum Gasteiger partial charge on any atom is -0.504 e. The molecule has 0 saturated heterocycles. The maximum Gasteiger partial charge on any atom is 0.338 e. The highest BCUT2D eigenvalue weighted by Gasteiger charge is 2.17. The summed E-state index contributed by atoms with van der Waals surface area (Å²) in [5.41, 5.74) is -1.11. The maximum absolute atomic E-state index is 11.4. The van der Waals surface area contributed by atoms with E-state index in [1.165, 1.54) is 19.2 Å². The molecule has 1 aromatic carbocycles. The van der Waals surface area contributed by atoms with Gasteiger partial charge in [0, 0.05) is 11.5 Å². The molecule has 0 saturated carbocycles. The van der Waals surface area contributed by atoms with E-state index in [1.807, 2.05) is 0 Å². The summed E-state index contributed by atoms with van der Waals surface area (Å²) in [5, 5.41) is 19.0. The van der Waals surface area contributed by atoms with E-state index < -0.39 is 23.1 Å². The van der Waals surface area contributed by atoms with Crippen molar-refractivity contribution in [3.05, 3.63) is 34.2 Å². The van der Waals surface area contributed by atoms with Gasteiger partial charge in [-0.1, -0.05) is 0 Å². The number of ether oxygens (including phenoxy) is 1. The molecule has 0 aliphatic heterocycles. The Morgan fingerprint density at radius 3 is 2.71 bits per heavy atom. The number of esters is 1. The van der Waals surface area contributed by atoms with Crippen molar-refractivity contribution in [2.24, 2.45) is 0 Å². The molecule has 0 amide bonds. The number of hydrogen-bond acceptors (Lipinski definition) is 6. The van der Waals surface area contributed by atoms with Gasteiger partial charge in [0.2, 0.25) is 5.75 Å². The number of aromatic hydroxyl groups is 2. The van der Waals surface area contributed by atoms with E-state index in [9.17, 15) is 19.8 Å². The number of benzene rings is 1. The molecule has 2 N–H and O–H groups in total. The summed E-state index contributed by atoms with van der Waals surface area (Å²) in [6.07, 6.45) is 0. The van der Waals surface area contributed by atoms with E-state index >= 15 is 0 Å². The Bertz CT molecular complexity index is 655. The normalized spacial score (nSPS) is 10.4. The Morgan fingerprint density at radius 1 is 1.35 bits per heavy atom. The van der Waals surface area contributed by atoms with Gasteiger partial charge in [-0.05, 0) is 12.1 Å². The number of phenols is 2. The van der Waals surface area contributed by atoms with Crippen molar-refractivity contribution in [1.82, 2.24) is 0 Å². The third kappa shape index (κ3) is 1.69. The molecule has 0 spiro atoms. The van der Waals surface area contributed by atoms with Crippen molar-refractivity contribution >= 4 is 16.9 Å². The van der Waals surface area contributed by atoms with Crippen LogP contribution < -0.4 is 5.63 Å². The molecule has 0 radical (unpaired) electrons. The summed E-state index contributed by atoms with van der Waals surface area (Å²) >= 11 is 0. The fourth-order valence-corrected chi connectivity index (χ4v) is 1.48. The van der Waals surface area contributed by atoms with E-state index in [2.05, 4.69) is 4.74 Å². The third-order valence-electron chi connectivity index (χ3n) is 2.27. The highest BCUT2D eigenvalue weighted by Crippen LogP contribution is 2.33. The molecule has 1 aromatic heterocycles. The molecular formula is C11H8O6. The van der Waals surface area contributed by atoms with Gasteiger partial charge >= 0.3 is 11.6 Å². The third-order valence-corrected chi connectivity index (χ3v) is 2.27. The molecule has 6 nitrogen and oxygen atoms in total. The van der Waals surface area contributed by atoms with Gasteiger partial charge in [-0.25, -0.2) is 9.59 Å². The van der Waals surface area contributed by atoms with Gasteiger partial charge in [-0.15, -0.1) is 0 Å². The van der Waals surface area contributed by atoms with E-state index in [0.717, 1.165) is 6.07 Å². The highest BCUT2D eigenvalue weighted by molar-refractivity contribution is 6.04. The van der Waals surface area contributed by atoms with Crippen molar-refractivity contribution in [2.75, 3.05) is 7.11 Å². The summed E-state index contributed by atoms with van der Waals surface area (Å²) in [6, 6.07) is 3.49. The van der Waals surface area contributed by atoms with Gasteiger partial charge in [0.05, 0.1) is 12.7 Å². The van der Waals surface area contributed by atoms with Crippen LogP contribution in [0.3, 0.4) is 0 Å². The standard InChI is InChI=1S/C11H8O6/c1-16-11(15)6-4-8(13)17-10-5(6)2-3-7(12)9(10)14/h2-4,12,14H,1H3. The molecule has 17 heavy (non-hydrogen) atoms. The predicted molar refractivity (Wildman–Crippen MR) is 57.2 cm³/mol. The lowest BCUT2D eigenvalue weighted by Crippen LogP contribution is -2.08. The molecule has 2 rings (SSSR count). The fourth-order valence-electron chi connectivity index (χ4n) is 1.48. The first kappa shape index (κ1) is 11.0. The lowest BCUT2D eigenvalue weighted by molar-refractivity contribution is 0.0602. The van der Waals surface area contributed by atoms with Crippen LogP contribution in [0, 0.1) is 0 Å². The molecule has 0 bridgehead atoms. The number of carbonyl (C=O) groups is 1. The van der Waals surface area contributed by atoms with Crippen LogP contribution in [0.15, 0.2) is 27.4 Å². The zero-order valence-electron chi connectivity index (χ0n) is 8.76. The summed E-state index contributed by atoms with van der Waals surface area (Å²) < 4.78 is 9.24. The first-order valence-corrected chi connectivity index (χ1v) is 4.61. The van der Waals surface area contributed by atoms with E-state index in [-0.39, 0.29) is 16.5 Å². The number of fused-ring (bicyclic) bond motifs is 1. The molecule has 88 valence electrons. The first-order chi connectivity index (χ1) is 8.04. The minimum atomic E-state index is -0.821. The van der Waals surface area contributed by atoms with Crippen molar-refractivity contribution in [3.8, 4) is 11.5 Å². The number of hydrogen-bond donors (Lipinski definition) is 2. The molecule has 0 fully saturated rings. The Hall–Kier alpha value is -2.50. The number of methoxy groups -OCH3 is 1.